The van der Waals surface area contributed by atoms with Gasteiger partial charge in [0, 0.05) is 18.3 Å². The van der Waals surface area contributed by atoms with E-state index in [4.69, 9.17) is 5.73 Å². The molecule has 2 rings (SSSR count). The molecule has 0 radical (unpaired) electrons. The number of aryl methyl sites for hydroxylation is 1. The number of hydrogen-bond acceptors (Lipinski definition) is 2. The van der Waals surface area contributed by atoms with Crippen molar-refractivity contribution in [1.82, 2.24) is 0 Å². The Hall–Kier alpha value is -1.02. The van der Waals surface area contributed by atoms with E-state index in [0.29, 0.717) is 6.04 Å². The van der Waals surface area contributed by atoms with Crippen molar-refractivity contribution < 1.29 is 0 Å². The fourth-order valence-corrected chi connectivity index (χ4v) is 2.01. The van der Waals surface area contributed by atoms with E-state index in [9.17, 15) is 0 Å². The van der Waals surface area contributed by atoms with E-state index in [1.807, 2.05) is 0 Å². The van der Waals surface area contributed by atoms with E-state index >= 15 is 0 Å². The molecule has 1 aliphatic heterocycles. The van der Waals surface area contributed by atoms with Crippen LogP contribution in [0.15, 0.2) is 24.3 Å². The zero-order valence-corrected chi connectivity index (χ0v) is 8.74. The van der Waals surface area contributed by atoms with Gasteiger partial charge in [-0.3, -0.25) is 0 Å². The van der Waals surface area contributed by atoms with E-state index in [0.717, 1.165) is 13.0 Å². The molecule has 2 N–H and O–H groups in total. The lowest BCUT2D eigenvalue weighted by Gasteiger charge is -2.43. The molecule has 2 nitrogen and oxygen atoms in total. The zero-order valence-electron chi connectivity index (χ0n) is 8.74. The van der Waals surface area contributed by atoms with Crippen molar-refractivity contribution in [3.63, 3.8) is 0 Å². The third-order valence-corrected chi connectivity index (χ3v) is 3.01. The molecule has 0 aliphatic carbocycles. The Morgan fingerprint density at radius 2 is 2.07 bits per heavy atom. The molecule has 1 heterocycles. The second-order valence-corrected chi connectivity index (χ2v) is 4.05. The Bertz CT molecular complexity index is 292. The minimum absolute atomic E-state index is 0.683. The number of nitrogens with zero attached hydrogens (tertiary/aromatic N) is 1. The van der Waals surface area contributed by atoms with Crippen LogP contribution in [0.5, 0.6) is 0 Å². The van der Waals surface area contributed by atoms with Crippen LogP contribution in [0.1, 0.15) is 18.4 Å². The summed E-state index contributed by atoms with van der Waals surface area (Å²) in [6.07, 6.45) is 2.42. The van der Waals surface area contributed by atoms with Crippen LogP contribution in [-0.2, 0) is 0 Å². The van der Waals surface area contributed by atoms with Crippen molar-refractivity contribution in [1.29, 1.82) is 0 Å². The highest BCUT2D eigenvalue weighted by Gasteiger charge is 2.26. The summed E-state index contributed by atoms with van der Waals surface area (Å²) in [6.45, 7) is 4.11. The zero-order chi connectivity index (χ0) is 9.97. The maximum absolute atomic E-state index is 5.58. The summed E-state index contributed by atoms with van der Waals surface area (Å²) >= 11 is 0. The molecule has 0 spiro atoms. The average Bonchev–Trinajstić information content (AvgIpc) is 2.16. The number of anilines is 1. The van der Waals surface area contributed by atoms with Crippen molar-refractivity contribution in [3.05, 3.63) is 29.8 Å². The predicted molar refractivity (Wildman–Crippen MR) is 60.6 cm³/mol. The standard InChI is InChI=1S/C12H18N2/c1-10-2-4-11(5-3-10)14-9-7-12(14)6-8-13/h2-5,12H,6-9,13H2,1H3. The van der Waals surface area contributed by atoms with Crippen molar-refractivity contribution in [3.8, 4) is 0 Å². The Balaban J connectivity index is 2.04. The molecule has 0 aromatic heterocycles. The van der Waals surface area contributed by atoms with Gasteiger partial charge in [0.2, 0.25) is 0 Å². The summed E-state index contributed by atoms with van der Waals surface area (Å²) in [5.41, 5.74) is 8.25. The van der Waals surface area contributed by atoms with Gasteiger partial charge in [-0.05, 0) is 38.4 Å². The first kappa shape index (κ1) is 9.53. The molecule has 0 saturated carbocycles. The Morgan fingerprint density at radius 3 is 2.57 bits per heavy atom. The van der Waals surface area contributed by atoms with Crippen molar-refractivity contribution in [2.75, 3.05) is 18.0 Å². The van der Waals surface area contributed by atoms with Gasteiger partial charge < -0.3 is 10.6 Å². The average molecular weight is 190 g/mol. The minimum atomic E-state index is 0.683. The van der Waals surface area contributed by atoms with Crippen LogP contribution in [0, 0.1) is 6.92 Å². The van der Waals surface area contributed by atoms with Crippen LogP contribution in [0.3, 0.4) is 0 Å². The second kappa shape index (κ2) is 4.01. The molecular weight excluding hydrogens is 172 g/mol. The lowest BCUT2D eigenvalue weighted by molar-refractivity contribution is 0.428. The van der Waals surface area contributed by atoms with Gasteiger partial charge in [-0.1, -0.05) is 17.7 Å². The lowest BCUT2D eigenvalue weighted by Crippen LogP contribution is -2.48. The van der Waals surface area contributed by atoms with E-state index in [1.165, 1.54) is 24.2 Å². The number of nitrogens with two attached hydrogens (primary N) is 1. The predicted octanol–water partition coefficient (Wildman–Crippen LogP) is 1.92. The van der Waals surface area contributed by atoms with E-state index in [-0.39, 0.29) is 0 Å². The van der Waals surface area contributed by atoms with Crippen LogP contribution in [0.4, 0.5) is 5.69 Å². The first-order valence-corrected chi connectivity index (χ1v) is 5.34. The highest BCUT2D eigenvalue weighted by molar-refractivity contribution is 5.50. The summed E-state index contributed by atoms with van der Waals surface area (Å²) in [4.78, 5) is 2.45. The fourth-order valence-electron chi connectivity index (χ4n) is 2.01. The second-order valence-electron chi connectivity index (χ2n) is 4.05. The number of benzene rings is 1. The van der Waals surface area contributed by atoms with Gasteiger partial charge in [0.25, 0.3) is 0 Å². The summed E-state index contributed by atoms with van der Waals surface area (Å²) in [6, 6.07) is 9.44. The van der Waals surface area contributed by atoms with Gasteiger partial charge in [0.1, 0.15) is 0 Å². The Morgan fingerprint density at radius 1 is 1.36 bits per heavy atom. The van der Waals surface area contributed by atoms with Gasteiger partial charge in [-0.15, -0.1) is 0 Å². The van der Waals surface area contributed by atoms with Crippen molar-refractivity contribution in [2.24, 2.45) is 5.73 Å². The summed E-state index contributed by atoms with van der Waals surface area (Å²) in [7, 11) is 0. The lowest BCUT2D eigenvalue weighted by atomic mass is 9.98. The number of rotatable bonds is 3. The van der Waals surface area contributed by atoms with Gasteiger partial charge >= 0.3 is 0 Å². The third-order valence-electron chi connectivity index (χ3n) is 3.01. The van der Waals surface area contributed by atoms with Gasteiger partial charge in [0.05, 0.1) is 0 Å². The molecule has 1 aliphatic rings. The molecule has 0 amide bonds. The Labute approximate surface area is 85.7 Å². The molecule has 76 valence electrons. The largest absolute Gasteiger partial charge is 0.368 e. The van der Waals surface area contributed by atoms with E-state index in [1.54, 1.807) is 0 Å². The maximum atomic E-state index is 5.58. The molecule has 1 saturated heterocycles. The number of hydrogen-bond donors (Lipinski definition) is 1. The molecule has 1 fully saturated rings. The summed E-state index contributed by atoms with van der Waals surface area (Å²) in [5.74, 6) is 0. The molecule has 1 unspecified atom stereocenters. The highest BCUT2D eigenvalue weighted by Crippen LogP contribution is 2.27. The van der Waals surface area contributed by atoms with Crippen LogP contribution in [-0.4, -0.2) is 19.1 Å². The SMILES string of the molecule is Cc1ccc(N2CCC2CCN)cc1. The summed E-state index contributed by atoms with van der Waals surface area (Å²) in [5, 5.41) is 0. The molecule has 14 heavy (non-hydrogen) atoms. The van der Waals surface area contributed by atoms with Crippen LogP contribution in [0.25, 0.3) is 0 Å². The molecule has 0 bridgehead atoms. The monoisotopic (exact) mass is 190 g/mol. The highest BCUT2D eigenvalue weighted by atomic mass is 15.2. The smallest absolute Gasteiger partial charge is 0.0368 e. The molecule has 2 heteroatoms. The quantitative estimate of drug-likeness (QED) is 0.789. The molecule has 1 atom stereocenters. The Kier molecular flexibility index (Phi) is 2.73. The van der Waals surface area contributed by atoms with Gasteiger partial charge in [-0.2, -0.15) is 0 Å². The third kappa shape index (κ3) is 1.75. The fraction of sp³-hybridized carbons (Fsp3) is 0.500. The topological polar surface area (TPSA) is 29.3 Å². The van der Waals surface area contributed by atoms with Gasteiger partial charge in [0.15, 0.2) is 0 Å². The minimum Gasteiger partial charge on any atom is -0.368 e. The first-order chi connectivity index (χ1) is 6.81. The summed E-state index contributed by atoms with van der Waals surface area (Å²) < 4.78 is 0. The molecule has 1 aromatic rings. The molecule has 1 aromatic carbocycles. The van der Waals surface area contributed by atoms with Crippen molar-refractivity contribution in [2.45, 2.75) is 25.8 Å². The van der Waals surface area contributed by atoms with E-state index < -0.39 is 0 Å². The van der Waals surface area contributed by atoms with Gasteiger partial charge in [-0.25, -0.2) is 0 Å². The van der Waals surface area contributed by atoms with E-state index in [2.05, 4.69) is 36.1 Å². The molecular formula is C12H18N2. The first-order valence-electron chi connectivity index (χ1n) is 5.34. The van der Waals surface area contributed by atoms with Crippen molar-refractivity contribution >= 4 is 5.69 Å². The van der Waals surface area contributed by atoms with Crippen LogP contribution < -0.4 is 10.6 Å². The van der Waals surface area contributed by atoms with Crippen LogP contribution >= 0.6 is 0 Å². The maximum Gasteiger partial charge on any atom is 0.0368 e. The van der Waals surface area contributed by atoms with Crippen LogP contribution in [0.2, 0.25) is 0 Å². The normalized spacial score (nSPS) is 20.7.